The van der Waals surface area contributed by atoms with Gasteiger partial charge in [0.25, 0.3) is 0 Å². The van der Waals surface area contributed by atoms with Crippen LogP contribution in [0.15, 0.2) is 30.3 Å². The number of para-hydroxylation sites is 1. The van der Waals surface area contributed by atoms with Gasteiger partial charge in [0, 0.05) is 31.4 Å². The lowest BCUT2D eigenvalue weighted by Crippen LogP contribution is -2.50. The molecule has 2 saturated heterocycles. The molecule has 2 fully saturated rings. The predicted octanol–water partition coefficient (Wildman–Crippen LogP) is 1.33. The first-order valence-electron chi connectivity index (χ1n) is 8.17. The number of anilines is 1. The van der Waals surface area contributed by atoms with Crippen molar-refractivity contribution in [2.75, 3.05) is 31.1 Å². The summed E-state index contributed by atoms with van der Waals surface area (Å²) in [5.74, 6) is 0. The van der Waals surface area contributed by atoms with E-state index in [-0.39, 0.29) is 11.3 Å². The zero-order chi connectivity index (χ0) is 15.4. The highest BCUT2D eigenvalue weighted by Crippen LogP contribution is 2.20. The third-order valence-corrected chi connectivity index (χ3v) is 6.58. The largest absolute Gasteiger partial charge is 0.371 e. The van der Waals surface area contributed by atoms with Gasteiger partial charge in [0.1, 0.15) is 0 Å². The summed E-state index contributed by atoms with van der Waals surface area (Å²) >= 11 is 0. The van der Waals surface area contributed by atoms with E-state index in [1.54, 1.807) is 0 Å². The minimum absolute atomic E-state index is 0.0758. The number of benzene rings is 1. The summed E-state index contributed by atoms with van der Waals surface area (Å²) in [5.41, 5.74) is 1.22. The van der Waals surface area contributed by atoms with Crippen LogP contribution in [0, 0.1) is 0 Å². The molecule has 1 aromatic carbocycles. The van der Waals surface area contributed by atoms with Crippen molar-refractivity contribution in [2.24, 2.45) is 0 Å². The van der Waals surface area contributed by atoms with E-state index in [0.29, 0.717) is 6.54 Å². The molecule has 0 radical (unpaired) electrons. The first kappa shape index (κ1) is 15.8. The van der Waals surface area contributed by atoms with Gasteiger partial charge in [0.05, 0.1) is 5.25 Å². The summed E-state index contributed by atoms with van der Waals surface area (Å²) in [4.78, 5) is 2.33. The number of nitrogens with zero attached hydrogens (tertiary/aromatic N) is 1. The lowest BCUT2D eigenvalue weighted by molar-refractivity contribution is 0.443. The molecular formula is C16H25N3O2S. The van der Waals surface area contributed by atoms with Crippen LogP contribution < -0.4 is 14.9 Å². The van der Waals surface area contributed by atoms with Crippen LogP contribution in [0.1, 0.15) is 25.7 Å². The second-order valence-electron chi connectivity index (χ2n) is 6.23. The molecular weight excluding hydrogens is 298 g/mol. The van der Waals surface area contributed by atoms with Crippen LogP contribution in [-0.4, -0.2) is 45.9 Å². The highest BCUT2D eigenvalue weighted by Gasteiger charge is 2.30. The van der Waals surface area contributed by atoms with Crippen molar-refractivity contribution >= 4 is 15.7 Å². The molecule has 2 N–H and O–H groups in total. The van der Waals surface area contributed by atoms with Gasteiger partial charge < -0.3 is 10.2 Å². The normalized spacial score (nSPS) is 24.4. The fraction of sp³-hybridized carbons (Fsp3) is 0.625. The molecule has 0 spiro atoms. The van der Waals surface area contributed by atoms with Crippen LogP contribution >= 0.6 is 0 Å². The lowest BCUT2D eigenvalue weighted by atomic mass is 10.1. The van der Waals surface area contributed by atoms with Gasteiger partial charge in [-0.25, -0.2) is 13.1 Å². The summed E-state index contributed by atoms with van der Waals surface area (Å²) in [6, 6.07) is 10.4. The average Bonchev–Trinajstić information content (AvgIpc) is 2.57. The third-order valence-electron chi connectivity index (χ3n) is 4.64. The van der Waals surface area contributed by atoms with Crippen LogP contribution in [-0.2, 0) is 10.0 Å². The lowest BCUT2D eigenvalue weighted by Gasteiger charge is -2.34. The van der Waals surface area contributed by atoms with Crippen LogP contribution in [0.5, 0.6) is 0 Å². The number of sulfonamides is 1. The monoisotopic (exact) mass is 323 g/mol. The Morgan fingerprint density at radius 2 is 1.82 bits per heavy atom. The van der Waals surface area contributed by atoms with Gasteiger partial charge >= 0.3 is 0 Å². The highest BCUT2D eigenvalue weighted by molar-refractivity contribution is 7.90. The number of rotatable bonds is 4. The molecule has 2 aliphatic heterocycles. The number of hydrogen-bond acceptors (Lipinski definition) is 4. The van der Waals surface area contributed by atoms with E-state index in [1.807, 2.05) is 18.2 Å². The third kappa shape index (κ3) is 3.80. The number of hydrogen-bond donors (Lipinski definition) is 2. The van der Waals surface area contributed by atoms with Crippen molar-refractivity contribution < 1.29 is 8.42 Å². The van der Waals surface area contributed by atoms with Gasteiger partial charge in [-0.2, -0.15) is 0 Å². The topological polar surface area (TPSA) is 61.4 Å². The van der Waals surface area contributed by atoms with E-state index in [1.165, 1.54) is 5.69 Å². The molecule has 1 aromatic rings. The summed E-state index contributed by atoms with van der Waals surface area (Å²) in [6.45, 7) is 3.32. The molecule has 1 atom stereocenters. The number of piperidine rings is 2. The van der Waals surface area contributed by atoms with Gasteiger partial charge in [-0.1, -0.05) is 18.2 Å². The fourth-order valence-electron chi connectivity index (χ4n) is 3.31. The minimum Gasteiger partial charge on any atom is -0.371 e. The molecule has 3 rings (SSSR count). The summed E-state index contributed by atoms with van der Waals surface area (Å²) in [6.07, 6.45) is 3.45. The van der Waals surface area contributed by atoms with Crippen molar-refractivity contribution in [3.05, 3.63) is 30.3 Å². The van der Waals surface area contributed by atoms with Crippen LogP contribution in [0.3, 0.4) is 0 Å². The van der Waals surface area contributed by atoms with Gasteiger partial charge in [0.2, 0.25) is 10.0 Å². The average molecular weight is 323 g/mol. The van der Waals surface area contributed by atoms with Crippen molar-refractivity contribution in [2.45, 2.75) is 37.0 Å². The first-order valence-corrected chi connectivity index (χ1v) is 9.72. The Morgan fingerprint density at radius 3 is 2.45 bits per heavy atom. The maximum absolute atomic E-state index is 12.4. The quantitative estimate of drug-likeness (QED) is 0.877. The SMILES string of the molecule is O=S(=O)(NC1CCN(c2ccccc2)CC1)C1CCCNC1. The molecule has 0 saturated carbocycles. The molecule has 1 unspecified atom stereocenters. The summed E-state index contributed by atoms with van der Waals surface area (Å²) in [7, 11) is -3.20. The molecule has 0 aromatic heterocycles. The second kappa shape index (κ2) is 6.98. The maximum atomic E-state index is 12.4. The standard InChI is InChI=1S/C16H25N3O2S/c20-22(21,16-7-4-10-17-13-16)18-14-8-11-19(12-9-14)15-5-2-1-3-6-15/h1-3,5-6,14,16-18H,4,7-13H2. The Balaban J connectivity index is 1.53. The molecule has 0 bridgehead atoms. The zero-order valence-corrected chi connectivity index (χ0v) is 13.7. The van der Waals surface area contributed by atoms with Crippen molar-refractivity contribution in [1.82, 2.24) is 10.0 Å². The van der Waals surface area contributed by atoms with E-state index in [4.69, 9.17) is 0 Å². The number of nitrogens with one attached hydrogen (secondary N) is 2. The van der Waals surface area contributed by atoms with Gasteiger partial charge in [-0.05, 0) is 44.4 Å². The Morgan fingerprint density at radius 1 is 1.09 bits per heavy atom. The summed E-state index contributed by atoms with van der Waals surface area (Å²) < 4.78 is 27.8. The minimum atomic E-state index is -3.20. The van der Waals surface area contributed by atoms with Crippen LogP contribution in [0.2, 0.25) is 0 Å². The van der Waals surface area contributed by atoms with Crippen LogP contribution in [0.25, 0.3) is 0 Å². The highest BCUT2D eigenvalue weighted by atomic mass is 32.2. The van der Waals surface area contributed by atoms with E-state index in [0.717, 1.165) is 45.3 Å². The van der Waals surface area contributed by atoms with Gasteiger partial charge in [-0.15, -0.1) is 0 Å². The fourth-order valence-corrected chi connectivity index (χ4v) is 5.01. The maximum Gasteiger partial charge on any atom is 0.215 e. The van der Waals surface area contributed by atoms with Crippen molar-refractivity contribution in [1.29, 1.82) is 0 Å². The van der Waals surface area contributed by atoms with E-state index < -0.39 is 10.0 Å². The van der Waals surface area contributed by atoms with Crippen LogP contribution in [0.4, 0.5) is 5.69 Å². The molecule has 5 nitrogen and oxygen atoms in total. The smallest absolute Gasteiger partial charge is 0.215 e. The Hall–Kier alpha value is -1.11. The Labute approximate surface area is 133 Å². The molecule has 2 heterocycles. The van der Waals surface area contributed by atoms with E-state index in [9.17, 15) is 8.42 Å². The molecule has 22 heavy (non-hydrogen) atoms. The zero-order valence-electron chi connectivity index (χ0n) is 12.9. The van der Waals surface area contributed by atoms with Crippen molar-refractivity contribution in [3.8, 4) is 0 Å². The molecule has 2 aliphatic rings. The first-order chi connectivity index (χ1) is 10.6. The van der Waals surface area contributed by atoms with Gasteiger partial charge in [-0.3, -0.25) is 0 Å². The molecule has 6 heteroatoms. The predicted molar refractivity (Wildman–Crippen MR) is 89.6 cm³/mol. The second-order valence-corrected chi connectivity index (χ2v) is 8.22. The van der Waals surface area contributed by atoms with E-state index in [2.05, 4.69) is 27.1 Å². The van der Waals surface area contributed by atoms with E-state index >= 15 is 0 Å². The Kier molecular flexibility index (Phi) is 5.00. The Bertz CT molecular complexity index is 562. The summed E-state index contributed by atoms with van der Waals surface area (Å²) in [5, 5.41) is 2.91. The molecule has 0 amide bonds. The van der Waals surface area contributed by atoms with Gasteiger partial charge in [0.15, 0.2) is 0 Å². The molecule has 0 aliphatic carbocycles. The van der Waals surface area contributed by atoms with Crippen molar-refractivity contribution in [3.63, 3.8) is 0 Å². The molecule has 122 valence electrons.